The van der Waals surface area contributed by atoms with Gasteiger partial charge < -0.3 is 10.1 Å². The van der Waals surface area contributed by atoms with Crippen molar-refractivity contribution in [2.75, 3.05) is 13.2 Å². The summed E-state index contributed by atoms with van der Waals surface area (Å²) in [5, 5.41) is 23.0. The van der Waals surface area contributed by atoms with Gasteiger partial charge in [-0.3, -0.25) is 9.69 Å². The highest BCUT2D eigenvalue weighted by atomic mass is 16.3. The third-order valence-corrected chi connectivity index (χ3v) is 6.05. The highest BCUT2D eigenvalue weighted by molar-refractivity contribution is 5.79. The molecular formula is C22H30N6O2. The van der Waals surface area contributed by atoms with E-state index in [-0.39, 0.29) is 12.2 Å². The van der Waals surface area contributed by atoms with Crippen LogP contribution in [0, 0.1) is 0 Å². The molecule has 0 bridgehead atoms. The zero-order chi connectivity index (χ0) is 20.9. The second-order valence-corrected chi connectivity index (χ2v) is 8.16. The second-order valence-electron chi connectivity index (χ2n) is 8.16. The lowest BCUT2D eigenvalue weighted by molar-refractivity contribution is 0.175. The average Bonchev–Trinajstić information content (AvgIpc) is 3.23. The molecule has 2 aromatic heterocycles. The lowest BCUT2D eigenvalue weighted by atomic mass is 9.95. The Bertz CT molecular complexity index is 1040. The molecule has 2 heterocycles. The van der Waals surface area contributed by atoms with E-state index in [9.17, 15) is 9.90 Å². The van der Waals surface area contributed by atoms with E-state index in [2.05, 4.69) is 33.5 Å². The minimum atomic E-state index is -0.0958. The number of nitrogens with one attached hydrogen (secondary N) is 1. The van der Waals surface area contributed by atoms with Gasteiger partial charge >= 0.3 is 0 Å². The molecule has 30 heavy (non-hydrogen) atoms. The van der Waals surface area contributed by atoms with Crippen LogP contribution < -0.4 is 5.56 Å². The Morgan fingerprint density at radius 2 is 2.03 bits per heavy atom. The van der Waals surface area contributed by atoms with E-state index in [4.69, 9.17) is 0 Å². The summed E-state index contributed by atoms with van der Waals surface area (Å²) in [6.07, 6.45) is 6.83. The molecule has 0 saturated heterocycles. The quantitative estimate of drug-likeness (QED) is 0.592. The lowest BCUT2D eigenvalue weighted by Crippen LogP contribution is -2.31. The van der Waals surface area contributed by atoms with Crippen LogP contribution in [-0.2, 0) is 19.5 Å². The molecule has 1 aromatic carbocycles. The number of fused-ring (bicyclic) bond motifs is 1. The maximum Gasteiger partial charge on any atom is 0.252 e. The fourth-order valence-electron chi connectivity index (χ4n) is 4.36. The number of tetrazole rings is 1. The number of hydrogen-bond acceptors (Lipinski definition) is 6. The van der Waals surface area contributed by atoms with Crippen LogP contribution in [0.2, 0.25) is 0 Å². The number of aryl methyl sites for hydroxylation is 1. The minimum absolute atomic E-state index is 0.0104. The van der Waals surface area contributed by atoms with Crippen molar-refractivity contribution in [3.05, 3.63) is 51.6 Å². The van der Waals surface area contributed by atoms with Crippen molar-refractivity contribution in [1.82, 2.24) is 30.1 Å². The van der Waals surface area contributed by atoms with E-state index in [0.29, 0.717) is 31.2 Å². The molecule has 0 amide bonds. The first-order valence-corrected chi connectivity index (χ1v) is 10.9. The monoisotopic (exact) mass is 410 g/mol. The summed E-state index contributed by atoms with van der Waals surface area (Å²) in [5.41, 5.74) is 2.66. The smallest absolute Gasteiger partial charge is 0.252 e. The van der Waals surface area contributed by atoms with E-state index < -0.39 is 0 Å². The Labute approximate surface area is 175 Å². The first-order valence-electron chi connectivity index (χ1n) is 10.9. The number of nitrogens with zero attached hydrogens (tertiary/aromatic N) is 5. The Hall–Kier alpha value is -2.58. The number of aromatic nitrogens is 5. The van der Waals surface area contributed by atoms with Crippen molar-refractivity contribution in [3.8, 4) is 0 Å². The predicted molar refractivity (Wildman–Crippen MR) is 115 cm³/mol. The zero-order valence-corrected chi connectivity index (χ0v) is 17.5. The highest BCUT2D eigenvalue weighted by Gasteiger charge is 2.21. The van der Waals surface area contributed by atoms with Crippen LogP contribution >= 0.6 is 0 Å². The second kappa shape index (κ2) is 9.49. The van der Waals surface area contributed by atoms with Crippen molar-refractivity contribution >= 4 is 10.9 Å². The van der Waals surface area contributed by atoms with Crippen LogP contribution in [0.3, 0.4) is 0 Å². The SMILES string of the molecule is CCc1ccc2[nH]c(=O)c(CN(CCO)Cc3nnnn3C3CCCCC3)cc2c1. The van der Waals surface area contributed by atoms with Gasteiger partial charge in [0.1, 0.15) is 0 Å². The third-order valence-electron chi connectivity index (χ3n) is 6.05. The molecule has 4 rings (SSSR count). The molecule has 0 spiro atoms. The maximum atomic E-state index is 12.7. The Kier molecular flexibility index (Phi) is 6.54. The summed E-state index contributed by atoms with van der Waals surface area (Å²) < 4.78 is 1.95. The van der Waals surface area contributed by atoms with Crippen molar-refractivity contribution in [1.29, 1.82) is 0 Å². The van der Waals surface area contributed by atoms with Gasteiger partial charge in [0.15, 0.2) is 5.82 Å². The fraction of sp³-hybridized carbons (Fsp3) is 0.545. The highest BCUT2D eigenvalue weighted by Crippen LogP contribution is 2.28. The number of aliphatic hydroxyl groups excluding tert-OH is 1. The molecule has 0 radical (unpaired) electrons. The Balaban J connectivity index is 1.56. The fourth-order valence-corrected chi connectivity index (χ4v) is 4.36. The van der Waals surface area contributed by atoms with Crippen molar-refractivity contribution in [2.24, 2.45) is 0 Å². The normalized spacial score (nSPS) is 15.3. The molecule has 1 saturated carbocycles. The zero-order valence-electron chi connectivity index (χ0n) is 17.5. The molecule has 1 fully saturated rings. The number of pyridine rings is 1. The first-order chi connectivity index (χ1) is 14.7. The van der Waals surface area contributed by atoms with E-state index in [1.165, 1.54) is 24.8 Å². The molecule has 0 unspecified atom stereocenters. The van der Waals surface area contributed by atoms with E-state index in [0.717, 1.165) is 36.0 Å². The minimum Gasteiger partial charge on any atom is -0.395 e. The number of rotatable bonds is 8. The summed E-state index contributed by atoms with van der Waals surface area (Å²) in [4.78, 5) is 17.7. The van der Waals surface area contributed by atoms with Crippen LogP contribution in [-0.4, -0.2) is 48.3 Å². The number of hydrogen-bond donors (Lipinski definition) is 2. The molecule has 0 atom stereocenters. The number of aromatic amines is 1. The van der Waals surface area contributed by atoms with Crippen molar-refractivity contribution in [3.63, 3.8) is 0 Å². The molecule has 0 aliphatic heterocycles. The molecule has 1 aliphatic carbocycles. The molecular weight excluding hydrogens is 380 g/mol. The Morgan fingerprint density at radius 1 is 1.20 bits per heavy atom. The van der Waals surface area contributed by atoms with Gasteiger partial charge in [-0.2, -0.15) is 0 Å². The van der Waals surface area contributed by atoms with Gasteiger partial charge in [-0.15, -0.1) is 5.10 Å². The van der Waals surface area contributed by atoms with Gasteiger partial charge in [0.25, 0.3) is 5.56 Å². The van der Waals surface area contributed by atoms with Gasteiger partial charge in [-0.05, 0) is 58.8 Å². The van der Waals surface area contributed by atoms with Crippen molar-refractivity contribution in [2.45, 2.75) is 64.6 Å². The van der Waals surface area contributed by atoms with Gasteiger partial charge in [-0.1, -0.05) is 32.3 Å². The number of benzene rings is 1. The summed E-state index contributed by atoms with van der Waals surface area (Å²) in [6.45, 7) is 3.50. The van der Waals surface area contributed by atoms with Gasteiger partial charge in [0.05, 0.1) is 19.2 Å². The van der Waals surface area contributed by atoms with Crippen LogP contribution in [0.5, 0.6) is 0 Å². The van der Waals surface area contributed by atoms with Crippen LogP contribution in [0.4, 0.5) is 0 Å². The van der Waals surface area contributed by atoms with Gasteiger partial charge in [-0.25, -0.2) is 4.68 Å². The van der Waals surface area contributed by atoms with Crippen LogP contribution in [0.15, 0.2) is 29.1 Å². The lowest BCUT2D eigenvalue weighted by Gasteiger charge is -2.25. The molecule has 8 nitrogen and oxygen atoms in total. The largest absolute Gasteiger partial charge is 0.395 e. The molecule has 1 aliphatic rings. The third kappa shape index (κ3) is 4.60. The number of H-pyrrole nitrogens is 1. The van der Waals surface area contributed by atoms with E-state index in [1.54, 1.807) is 0 Å². The maximum absolute atomic E-state index is 12.7. The standard InChI is InChI=1S/C22H30N6O2/c1-2-16-8-9-20-17(12-16)13-18(22(30)23-20)14-27(10-11-29)15-21-24-25-26-28(21)19-6-4-3-5-7-19/h8-9,12-13,19,29H,2-7,10-11,14-15H2,1H3,(H,23,30). The molecule has 8 heteroatoms. The predicted octanol–water partition coefficient (Wildman–Crippen LogP) is 2.58. The summed E-state index contributed by atoms with van der Waals surface area (Å²) in [5.74, 6) is 0.792. The van der Waals surface area contributed by atoms with E-state index in [1.807, 2.05) is 27.8 Å². The molecule has 2 N–H and O–H groups in total. The van der Waals surface area contributed by atoms with Crippen LogP contribution in [0.25, 0.3) is 10.9 Å². The average molecular weight is 411 g/mol. The molecule has 3 aromatic rings. The molecule has 160 valence electrons. The van der Waals surface area contributed by atoms with Crippen molar-refractivity contribution < 1.29 is 5.11 Å². The first kappa shape index (κ1) is 20.7. The van der Waals surface area contributed by atoms with Crippen LogP contribution in [0.1, 0.15) is 62.0 Å². The Morgan fingerprint density at radius 3 is 2.80 bits per heavy atom. The van der Waals surface area contributed by atoms with Gasteiger partial charge in [0.2, 0.25) is 0 Å². The van der Waals surface area contributed by atoms with Gasteiger partial charge in [0, 0.05) is 24.2 Å². The topological polar surface area (TPSA) is 99.9 Å². The summed E-state index contributed by atoms with van der Waals surface area (Å²) in [7, 11) is 0. The summed E-state index contributed by atoms with van der Waals surface area (Å²) in [6, 6.07) is 8.43. The number of aliphatic hydroxyl groups is 1. The summed E-state index contributed by atoms with van der Waals surface area (Å²) >= 11 is 0. The van der Waals surface area contributed by atoms with E-state index >= 15 is 0 Å².